The molecular formula is C18H20N2O6S2. The van der Waals surface area contributed by atoms with Crippen molar-refractivity contribution in [2.75, 3.05) is 18.2 Å². The van der Waals surface area contributed by atoms with Crippen LogP contribution in [0.5, 0.6) is 0 Å². The van der Waals surface area contributed by atoms with Crippen LogP contribution in [-0.4, -0.2) is 39.2 Å². The molecule has 0 aliphatic carbocycles. The average Bonchev–Trinajstić information content (AvgIpc) is 2.88. The third-order valence-corrected chi connectivity index (χ3v) is 6.44. The number of nitrogens with one attached hydrogen (secondary N) is 2. The van der Waals surface area contributed by atoms with Crippen molar-refractivity contribution in [3.63, 3.8) is 0 Å². The van der Waals surface area contributed by atoms with Crippen LogP contribution in [0.4, 0.5) is 9.80 Å². The molecule has 1 aromatic heterocycles. The monoisotopic (exact) mass is 424 g/mol. The Hall–Kier alpha value is -2.72. The smallest absolute Gasteiger partial charge is 0.413 e. The van der Waals surface area contributed by atoms with Crippen LogP contribution in [0.3, 0.4) is 0 Å². The van der Waals surface area contributed by atoms with Gasteiger partial charge in [0.25, 0.3) is 5.91 Å². The molecule has 0 saturated heterocycles. The molecule has 0 spiro atoms. The first-order valence-electron chi connectivity index (χ1n) is 8.16. The summed E-state index contributed by atoms with van der Waals surface area (Å²) in [5.74, 6) is -2.49. The zero-order chi connectivity index (χ0) is 20.9. The second-order valence-electron chi connectivity index (χ2n) is 6.00. The number of rotatable bonds is 6. The number of benzene rings is 1. The maximum Gasteiger partial charge on any atom is 0.413 e. The van der Waals surface area contributed by atoms with Gasteiger partial charge in [-0.25, -0.2) is 13.2 Å². The van der Waals surface area contributed by atoms with Gasteiger partial charge in [-0.1, -0.05) is 30.3 Å². The van der Waals surface area contributed by atoms with E-state index in [4.69, 9.17) is 0 Å². The highest BCUT2D eigenvalue weighted by Gasteiger charge is 2.24. The fraction of sp³-hybridized carbons (Fsp3) is 0.278. The van der Waals surface area contributed by atoms with Crippen molar-refractivity contribution in [2.24, 2.45) is 0 Å². The first-order chi connectivity index (χ1) is 13.1. The minimum Gasteiger partial charge on any atom is -0.453 e. The van der Waals surface area contributed by atoms with E-state index >= 15 is 0 Å². The summed E-state index contributed by atoms with van der Waals surface area (Å²) in [7, 11) is -2.58. The van der Waals surface area contributed by atoms with Crippen LogP contribution >= 0.6 is 11.3 Å². The largest absolute Gasteiger partial charge is 0.453 e. The number of hydrogen-bond acceptors (Lipinski definition) is 7. The van der Waals surface area contributed by atoms with E-state index in [0.717, 1.165) is 23.3 Å². The number of thiophene rings is 1. The Morgan fingerprint density at radius 1 is 1.11 bits per heavy atom. The number of carbonyl (C=O) groups excluding carboxylic acids is 3. The first kappa shape index (κ1) is 21.6. The molecule has 1 heterocycles. The van der Waals surface area contributed by atoms with Gasteiger partial charge in [0.05, 0.1) is 18.4 Å². The van der Waals surface area contributed by atoms with Gasteiger partial charge in [0.1, 0.15) is 10.8 Å². The molecule has 0 saturated carbocycles. The van der Waals surface area contributed by atoms with E-state index in [1.54, 1.807) is 44.2 Å². The number of anilines is 1. The van der Waals surface area contributed by atoms with E-state index in [0.29, 0.717) is 11.1 Å². The van der Waals surface area contributed by atoms with Crippen LogP contribution in [-0.2, 0) is 25.1 Å². The number of alkyl carbamates (subject to hydrolysis) is 1. The number of amides is 3. The average molecular weight is 425 g/mol. The molecule has 2 rings (SSSR count). The lowest BCUT2D eigenvalue weighted by atomic mass is 10.1. The number of sulfone groups is 1. The number of methoxy groups -OCH3 is 1. The summed E-state index contributed by atoms with van der Waals surface area (Å²) >= 11 is 1.12. The van der Waals surface area contributed by atoms with Crippen molar-refractivity contribution in [2.45, 2.75) is 19.6 Å². The molecule has 0 aliphatic heterocycles. The molecular weight excluding hydrogens is 404 g/mol. The molecule has 28 heavy (non-hydrogen) atoms. The topological polar surface area (TPSA) is 119 Å². The van der Waals surface area contributed by atoms with Crippen molar-refractivity contribution in [3.05, 3.63) is 51.9 Å². The predicted octanol–water partition coefficient (Wildman–Crippen LogP) is 2.41. The number of ether oxygens (including phenoxy) is 1. The van der Waals surface area contributed by atoms with Crippen LogP contribution in [0.15, 0.2) is 30.3 Å². The summed E-state index contributed by atoms with van der Waals surface area (Å²) in [4.78, 5) is 36.6. The van der Waals surface area contributed by atoms with Gasteiger partial charge in [-0.05, 0) is 25.0 Å². The molecule has 0 radical (unpaired) electrons. The molecule has 150 valence electrons. The van der Waals surface area contributed by atoms with E-state index in [9.17, 15) is 22.8 Å². The quantitative estimate of drug-likeness (QED) is 0.735. The van der Waals surface area contributed by atoms with Crippen molar-refractivity contribution in [1.29, 1.82) is 0 Å². The van der Waals surface area contributed by atoms with Gasteiger partial charge in [-0.15, -0.1) is 11.3 Å². The Labute approximate surface area is 166 Å². The molecule has 1 aromatic carbocycles. The molecule has 2 N–H and O–H groups in total. The van der Waals surface area contributed by atoms with E-state index in [-0.39, 0.29) is 16.3 Å². The van der Waals surface area contributed by atoms with Gasteiger partial charge < -0.3 is 10.1 Å². The van der Waals surface area contributed by atoms with Crippen LogP contribution in [0.25, 0.3) is 0 Å². The normalized spacial score (nSPS) is 11.0. The third-order valence-electron chi connectivity index (χ3n) is 3.85. The third kappa shape index (κ3) is 5.64. The molecule has 0 aliphatic rings. The fourth-order valence-corrected chi connectivity index (χ4v) is 4.78. The fourth-order valence-electron chi connectivity index (χ4n) is 2.44. The number of imide groups is 1. The SMILES string of the molecule is COC(=O)NC(=O)c1c(NC(=O)CS(=O)(=O)Cc2ccccc2)sc(C)c1C. The van der Waals surface area contributed by atoms with Gasteiger partial charge in [0, 0.05) is 4.88 Å². The van der Waals surface area contributed by atoms with Gasteiger partial charge in [-0.2, -0.15) is 0 Å². The summed E-state index contributed by atoms with van der Waals surface area (Å²) in [5.41, 5.74) is 1.26. The van der Waals surface area contributed by atoms with Crippen molar-refractivity contribution in [1.82, 2.24) is 5.32 Å². The van der Waals surface area contributed by atoms with Gasteiger partial charge in [0.2, 0.25) is 5.91 Å². The highest BCUT2D eigenvalue weighted by molar-refractivity contribution is 7.91. The number of hydrogen-bond donors (Lipinski definition) is 2. The van der Waals surface area contributed by atoms with Crippen LogP contribution in [0, 0.1) is 13.8 Å². The van der Waals surface area contributed by atoms with Gasteiger partial charge in [-0.3, -0.25) is 14.9 Å². The zero-order valence-electron chi connectivity index (χ0n) is 15.6. The van der Waals surface area contributed by atoms with E-state index in [1.807, 2.05) is 5.32 Å². The Morgan fingerprint density at radius 3 is 2.36 bits per heavy atom. The highest BCUT2D eigenvalue weighted by atomic mass is 32.2. The summed E-state index contributed by atoms with van der Waals surface area (Å²) < 4.78 is 29.0. The van der Waals surface area contributed by atoms with Crippen LogP contribution < -0.4 is 10.6 Å². The number of carbonyl (C=O) groups is 3. The number of aryl methyl sites for hydroxylation is 1. The maximum absolute atomic E-state index is 12.3. The molecule has 2 aromatic rings. The summed E-state index contributed by atoms with van der Waals surface area (Å²) in [6, 6.07) is 8.53. The summed E-state index contributed by atoms with van der Waals surface area (Å²) in [6.07, 6.45) is -0.934. The highest BCUT2D eigenvalue weighted by Crippen LogP contribution is 2.32. The Kier molecular flexibility index (Phi) is 6.92. The maximum atomic E-state index is 12.3. The molecule has 0 unspecified atom stereocenters. The molecule has 0 bridgehead atoms. The lowest BCUT2D eigenvalue weighted by molar-refractivity contribution is -0.113. The van der Waals surface area contributed by atoms with Gasteiger partial charge >= 0.3 is 6.09 Å². The van der Waals surface area contributed by atoms with Crippen molar-refractivity contribution >= 4 is 44.1 Å². The molecule has 0 atom stereocenters. The predicted molar refractivity (Wildman–Crippen MR) is 106 cm³/mol. The van der Waals surface area contributed by atoms with E-state index < -0.39 is 33.5 Å². The Balaban J connectivity index is 2.14. The molecule has 10 heteroatoms. The summed E-state index contributed by atoms with van der Waals surface area (Å²) in [5, 5.41) is 4.68. The second kappa shape index (κ2) is 8.98. The van der Waals surface area contributed by atoms with Crippen molar-refractivity contribution in [3.8, 4) is 0 Å². The minimum absolute atomic E-state index is 0.0988. The second-order valence-corrected chi connectivity index (χ2v) is 9.29. The summed E-state index contributed by atoms with van der Waals surface area (Å²) in [6.45, 7) is 3.41. The van der Waals surface area contributed by atoms with Crippen LogP contribution in [0.2, 0.25) is 0 Å². The van der Waals surface area contributed by atoms with Crippen molar-refractivity contribution < 1.29 is 27.5 Å². The minimum atomic E-state index is -3.70. The van der Waals surface area contributed by atoms with E-state index in [2.05, 4.69) is 10.1 Å². The molecule has 0 fully saturated rings. The van der Waals surface area contributed by atoms with Gasteiger partial charge in [0.15, 0.2) is 9.84 Å². The zero-order valence-corrected chi connectivity index (χ0v) is 17.2. The lowest BCUT2D eigenvalue weighted by Crippen LogP contribution is -2.31. The standard InChI is InChI=1S/C18H20N2O6S2/c1-11-12(2)27-17(15(11)16(22)20-18(23)26-3)19-14(21)10-28(24,25)9-13-7-5-4-6-8-13/h4-8H,9-10H2,1-3H3,(H,19,21)(H,20,22,23). The van der Waals surface area contributed by atoms with Crippen LogP contribution in [0.1, 0.15) is 26.4 Å². The molecule has 8 nitrogen and oxygen atoms in total. The van der Waals surface area contributed by atoms with E-state index in [1.165, 1.54) is 0 Å². The molecule has 3 amide bonds. The Morgan fingerprint density at radius 2 is 1.75 bits per heavy atom. The first-order valence-corrected chi connectivity index (χ1v) is 10.8. The lowest BCUT2D eigenvalue weighted by Gasteiger charge is -2.08. The Bertz CT molecular complexity index is 997.